The molecule has 1 aromatic heterocycles. The number of hydrogen-bond donors (Lipinski definition) is 1. The minimum Gasteiger partial charge on any atom is -0.397 e. The molecule has 0 aromatic carbocycles. The van der Waals surface area contributed by atoms with Gasteiger partial charge in [0.2, 0.25) is 0 Å². The Hall–Kier alpha value is -1.29. The summed E-state index contributed by atoms with van der Waals surface area (Å²) >= 11 is 0. The monoisotopic (exact) mass is 269 g/mol. The first-order valence-electron chi connectivity index (χ1n) is 6.21. The molecule has 0 aliphatic carbocycles. The molecule has 0 spiro atoms. The largest absolute Gasteiger partial charge is 0.397 e. The van der Waals surface area contributed by atoms with Crippen LogP contribution in [0.3, 0.4) is 0 Å². The second-order valence-electron chi connectivity index (χ2n) is 4.62. The molecule has 0 radical (unpaired) electrons. The zero-order chi connectivity index (χ0) is 12.3. The average molecular weight is 270 g/mol. The fourth-order valence-electron chi connectivity index (χ4n) is 2.24. The van der Waals surface area contributed by atoms with Gasteiger partial charge < -0.3 is 10.6 Å². The predicted octanol–water partition coefficient (Wildman–Crippen LogP) is 2.35. The third-order valence-electron chi connectivity index (χ3n) is 3.48. The Kier molecular flexibility index (Phi) is 5.41. The van der Waals surface area contributed by atoms with Crippen molar-refractivity contribution in [3.63, 3.8) is 0 Å². The number of anilines is 1. The molecule has 4 nitrogen and oxygen atoms in total. The van der Waals surface area contributed by atoms with Crippen LogP contribution in [-0.2, 0) is 0 Å². The number of carbonyl (C=O) groups excluding carboxylic acids is 1. The van der Waals surface area contributed by atoms with Crippen LogP contribution >= 0.6 is 12.4 Å². The first kappa shape index (κ1) is 14.8. The van der Waals surface area contributed by atoms with Crippen molar-refractivity contribution in [1.82, 2.24) is 9.88 Å². The lowest BCUT2D eigenvalue weighted by Gasteiger charge is -2.31. The summed E-state index contributed by atoms with van der Waals surface area (Å²) in [4.78, 5) is 18.1. The number of piperidine rings is 1. The second kappa shape index (κ2) is 6.59. The van der Waals surface area contributed by atoms with Gasteiger partial charge >= 0.3 is 0 Å². The molecular weight excluding hydrogens is 250 g/mol. The van der Waals surface area contributed by atoms with E-state index in [1.807, 2.05) is 4.90 Å². The summed E-state index contributed by atoms with van der Waals surface area (Å²) in [5, 5.41) is 0. The quantitative estimate of drug-likeness (QED) is 0.897. The van der Waals surface area contributed by atoms with Crippen LogP contribution in [0.4, 0.5) is 5.69 Å². The molecule has 18 heavy (non-hydrogen) atoms. The number of nitrogen functional groups attached to an aromatic ring is 1. The van der Waals surface area contributed by atoms with E-state index in [0.717, 1.165) is 31.8 Å². The number of amides is 1. The van der Waals surface area contributed by atoms with Crippen molar-refractivity contribution >= 4 is 24.0 Å². The van der Waals surface area contributed by atoms with Gasteiger partial charge in [-0.15, -0.1) is 12.4 Å². The van der Waals surface area contributed by atoms with Gasteiger partial charge in [0, 0.05) is 13.1 Å². The molecule has 100 valence electrons. The number of hydrogen-bond acceptors (Lipinski definition) is 3. The average Bonchev–Trinajstić information content (AvgIpc) is 2.39. The topological polar surface area (TPSA) is 59.2 Å². The summed E-state index contributed by atoms with van der Waals surface area (Å²) in [6.07, 6.45) is 4.96. The van der Waals surface area contributed by atoms with E-state index in [9.17, 15) is 4.79 Å². The van der Waals surface area contributed by atoms with E-state index < -0.39 is 0 Å². The zero-order valence-corrected chi connectivity index (χ0v) is 11.4. The summed E-state index contributed by atoms with van der Waals surface area (Å²) < 4.78 is 0. The molecule has 2 rings (SSSR count). The smallest absolute Gasteiger partial charge is 0.272 e. The minimum absolute atomic E-state index is 0. The van der Waals surface area contributed by atoms with Gasteiger partial charge in [-0.2, -0.15) is 0 Å². The fourth-order valence-corrected chi connectivity index (χ4v) is 2.24. The normalized spacial score (nSPS) is 16.2. The van der Waals surface area contributed by atoms with Crippen molar-refractivity contribution in [2.24, 2.45) is 5.92 Å². The Bertz CT molecular complexity index is 386. The molecule has 1 amide bonds. The van der Waals surface area contributed by atoms with Crippen molar-refractivity contribution in [1.29, 1.82) is 0 Å². The van der Waals surface area contributed by atoms with Crippen molar-refractivity contribution in [3.05, 3.63) is 24.0 Å². The van der Waals surface area contributed by atoms with E-state index in [2.05, 4.69) is 11.9 Å². The minimum atomic E-state index is 0. The maximum Gasteiger partial charge on any atom is 0.272 e. The number of nitrogens with two attached hydrogens (primary N) is 1. The van der Waals surface area contributed by atoms with Gasteiger partial charge in [0.15, 0.2) is 0 Å². The van der Waals surface area contributed by atoms with Crippen LogP contribution in [0.5, 0.6) is 0 Å². The molecule has 1 fully saturated rings. The number of rotatable bonds is 2. The lowest BCUT2D eigenvalue weighted by Crippen LogP contribution is -2.38. The van der Waals surface area contributed by atoms with Crippen LogP contribution in [-0.4, -0.2) is 28.9 Å². The molecule has 2 N–H and O–H groups in total. The Labute approximate surface area is 114 Å². The SMILES string of the molecule is CCC1CCN(C(=O)c2ccc(N)cn2)CC1.Cl. The van der Waals surface area contributed by atoms with Crippen LogP contribution in [0.1, 0.15) is 36.7 Å². The molecule has 5 heteroatoms. The number of nitrogens with zero attached hydrogens (tertiary/aromatic N) is 2. The zero-order valence-electron chi connectivity index (χ0n) is 10.6. The first-order chi connectivity index (χ1) is 8.20. The van der Waals surface area contributed by atoms with Crippen LogP contribution in [0.2, 0.25) is 0 Å². The van der Waals surface area contributed by atoms with E-state index in [0.29, 0.717) is 11.4 Å². The van der Waals surface area contributed by atoms with Crippen molar-refractivity contribution in [3.8, 4) is 0 Å². The van der Waals surface area contributed by atoms with Crippen LogP contribution in [0, 0.1) is 5.92 Å². The highest BCUT2D eigenvalue weighted by molar-refractivity contribution is 5.92. The van der Waals surface area contributed by atoms with Gasteiger partial charge in [0.25, 0.3) is 5.91 Å². The summed E-state index contributed by atoms with van der Waals surface area (Å²) in [7, 11) is 0. The molecule has 0 saturated carbocycles. The van der Waals surface area contributed by atoms with Crippen molar-refractivity contribution < 1.29 is 4.79 Å². The molecule has 2 heterocycles. The third kappa shape index (κ3) is 3.35. The molecule has 1 saturated heterocycles. The Morgan fingerprint density at radius 1 is 1.44 bits per heavy atom. The third-order valence-corrected chi connectivity index (χ3v) is 3.48. The Morgan fingerprint density at radius 2 is 2.11 bits per heavy atom. The standard InChI is InChI=1S/C13H19N3O.ClH/c1-2-10-5-7-16(8-6-10)13(17)12-4-3-11(14)9-15-12;/h3-4,9-10H,2,5-8,14H2,1H3;1H. The molecule has 1 aromatic rings. The van der Waals surface area contributed by atoms with Crippen LogP contribution < -0.4 is 5.73 Å². The number of carbonyl (C=O) groups is 1. The van der Waals surface area contributed by atoms with Gasteiger partial charge in [-0.05, 0) is 30.9 Å². The van der Waals surface area contributed by atoms with Crippen LogP contribution in [0.25, 0.3) is 0 Å². The first-order valence-corrected chi connectivity index (χ1v) is 6.21. The molecule has 0 bridgehead atoms. The van der Waals surface area contributed by atoms with Gasteiger partial charge in [0.1, 0.15) is 5.69 Å². The molecule has 0 atom stereocenters. The highest BCUT2D eigenvalue weighted by Crippen LogP contribution is 2.21. The van der Waals surface area contributed by atoms with Gasteiger partial charge in [-0.25, -0.2) is 4.98 Å². The lowest BCUT2D eigenvalue weighted by molar-refractivity contribution is 0.0683. The van der Waals surface area contributed by atoms with E-state index >= 15 is 0 Å². The van der Waals surface area contributed by atoms with Crippen molar-refractivity contribution in [2.45, 2.75) is 26.2 Å². The molecule has 1 aliphatic rings. The maximum atomic E-state index is 12.1. The molecule has 0 unspecified atom stereocenters. The van der Waals surface area contributed by atoms with E-state index in [-0.39, 0.29) is 18.3 Å². The van der Waals surface area contributed by atoms with Gasteiger partial charge in [0.05, 0.1) is 11.9 Å². The summed E-state index contributed by atoms with van der Waals surface area (Å²) in [6.45, 7) is 3.91. The Balaban J connectivity index is 0.00000162. The predicted molar refractivity (Wildman–Crippen MR) is 74.8 cm³/mol. The van der Waals surface area contributed by atoms with E-state index in [4.69, 9.17) is 5.73 Å². The molecular formula is C13H20ClN3O. The fraction of sp³-hybridized carbons (Fsp3) is 0.538. The number of halogens is 1. The number of pyridine rings is 1. The van der Waals surface area contributed by atoms with Gasteiger partial charge in [-0.3, -0.25) is 4.79 Å². The van der Waals surface area contributed by atoms with E-state index in [1.54, 1.807) is 12.1 Å². The highest BCUT2D eigenvalue weighted by Gasteiger charge is 2.23. The Morgan fingerprint density at radius 3 is 2.61 bits per heavy atom. The van der Waals surface area contributed by atoms with Crippen LogP contribution in [0.15, 0.2) is 18.3 Å². The molecule has 1 aliphatic heterocycles. The second-order valence-corrected chi connectivity index (χ2v) is 4.62. The summed E-state index contributed by atoms with van der Waals surface area (Å²) in [5.41, 5.74) is 6.64. The summed E-state index contributed by atoms with van der Waals surface area (Å²) in [6, 6.07) is 3.42. The summed E-state index contributed by atoms with van der Waals surface area (Å²) in [5.74, 6) is 0.804. The van der Waals surface area contributed by atoms with E-state index in [1.165, 1.54) is 12.6 Å². The number of likely N-dealkylation sites (tertiary alicyclic amines) is 1. The highest BCUT2D eigenvalue weighted by atomic mass is 35.5. The number of aromatic nitrogens is 1. The van der Waals surface area contributed by atoms with Crippen molar-refractivity contribution in [2.75, 3.05) is 18.8 Å². The van der Waals surface area contributed by atoms with Gasteiger partial charge in [-0.1, -0.05) is 13.3 Å². The lowest BCUT2D eigenvalue weighted by atomic mass is 9.94. The maximum absolute atomic E-state index is 12.1.